The van der Waals surface area contributed by atoms with E-state index in [-0.39, 0.29) is 12.0 Å². The lowest BCUT2D eigenvalue weighted by Gasteiger charge is -2.42. The van der Waals surface area contributed by atoms with Gasteiger partial charge in [0.05, 0.1) is 7.11 Å². The Labute approximate surface area is 133 Å². The van der Waals surface area contributed by atoms with Gasteiger partial charge in [0.15, 0.2) is 11.5 Å². The SMILES string of the molecule is C#CCOc1cc([C@@]23CCCC[C@@H]2N(C)CC3)ccc1OC. The number of likely N-dealkylation sites (N-methyl/N-ethyl adjacent to an activating group) is 1. The average Bonchev–Trinajstić information content (AvgIpc) is 2.91. The van der Waals surface area contributed by atoms with Crippen molar-refractivity contribution in [2.45, 2.75) is 43.6 Å². The van der Waals surface area contributed by atoms with E-state index in [0.29, 0.717) is 6.04 Å². The van der Waals surface area contributed by atoms with Crippen molar-refractivity contribution >= 4 is 0 Å². The van der Waals surface area contributed by atoms with Crippen molar-refractivity contribution in [3.63, 3.8) is 0 Å². The zero-order valence-electron chi connectivity index (χ0n) is 13.6. The molecule has 1 aliphatic heterocycles. The second-order valence-corrected chi connectivity index (χ2v) is 6.51. The first kappa shape index (κ1) is 15.2. The number of terminal acetylenes is 1. The van der Waals surface area contributed by atoms with Gasteiger partial charge < -0.3 is 14.4 Å². The first-order chi connectivity index (χ1) is 10.7. The molecule has 2 fully saturated rings. The maximum atomic E-state index is 5.71. The number of ether oxygens (including phenoxy) is 2. The van der Waals surface area contributed by atoms with Crippen LogP contribution >= 0.6 is 0 Å². The summed E-state index contributed by atoms with van der Waals surface area (Å²) in [5.74, 6) is 4.06. The number of hydrogen-bond acceptors (Lipinski definition) is 3. The molecule has 1 saturated heterocycles. The molecule has 0 amide bonds. The molecular weight excluding hydrogens is 274 g/mol. The Morgan fingerprint density at radius 2 is 2.18 bits per heavy atom. The van der Waals surface area contributed by atoms with Crippen LogP contribution in [0.25, 0.3) is 0 Å². The molecule has 1 heterocycles. The van der Waals surface area contributed by atoms with Gasteiger partial charge in [-0.2, -0.15) is 0 Å². The maximum Gasteiger partial charge on any atom is 0.162 e. The Balaban J connectivity index is 1.98. The fourth-order valence-electron chi connectivity index (χ4n) is 4.39. The maximum absolute atomic E-state index is 5.71. The van der Waals surface area contributed by atoms with Gasteiger partial charge in [0.1, 0.15) is 6.61 Å². The lowest BCUT2D eigenvalue weighted by Crippen LogP contribution is -2.43. The molecule has 2 aliphatic rings. The monoisotopic (exact) mass is 299 g/mol. The predicted molar refractivity (Wildman–Crippen MR) is 88.5 cm³/mol. The van der Waals surface area contributed by atoms with Gasteiger partial charge in [-0.25, -0.2) is 0 Å². The third-order valence-corrected chi connectivity index (χ3v) is 5.48. The molecular formula is C19H25NO2. The van der Waals surface area contributed by atoms with E-state index in [0.717, 1.165) is 11.5 Å². The number of nitrogens with zero attached hydrogens (tertiary/aromatic N) is 1. The normalized spacial score (nSPS) is 28.0. The number of fused-ring (bicyclic) bond motifs is 1. The minimum atomic E-state index is 0.271. The summed E-state index contributed by atoms with van der Waals surface area (Å²) in [7, 11) is 3.93. The number of rotatable bonds is 4. The van der Waals surface area contributed by atoms with Gasteiger partial charge in [-0.1, -0.05) is 24.8 Å². The van der Waals surface area contributed by atoms with Gasteiger partial charge in [-0.3, -0.25) is 0 Å². The van der Waals surface area contributed by atoms with Crippen LogP contribution in [0.4, 0.5) is 0 Å². The average molecular weight is 299 g/mol. The summed E-state index contributed by atoms with van der Waals surface area (Å²) in [6, 6.07) is 7.06. The zero-order valence-corrected chi connectivity index (χ0v) is 13.6. The number of benzene rings is 1. The molecule has 22 heavy (non-hydrogen) atoms. The minimum Gasteiger partial charge on any atom is -0.493 e. The summed E-state index contributed by atoms with van der Waals surface area (Å²) >= 11 is 0. The summed E-state index contributed by atoms with van der Waals surface area (Å²) in [6.45, 7) is 1.45. The molecule has 1 aromatic carbocycles. The fraction of sp³-hybridized carbons (Fsp3) is 0.579. The quantitative estimate of drug-likeness (QED) is 0.797. The van der Waals surface area contributed by atoms with Gasteiger partial charge in [0.2, 0.25) is 0 Å². The number of hydrogen-bond donors (Lipinski definition) is 0. The molecule has 0 bridgehead atoms. The molecule has 0 aromatic heterocycles. The Hall–Kier alpha value is -1.66. The van der Waals surface area contributed by atoms with Crippen LogP contribution in [0.15, 0.2) is 18.2 Å². The summed E-state index contributed by atoms with van der Waals surface area (Å²) < 4.78 is 11.1. The molecule has 3 rings (SSSR count). The van der Waals surface area contributed by atoms with Gasteiger partial charge in [-0.15, -0.1) is 6.42 Å². The molecule has 0 spiro atoms. The molecule has 1 saturated carbocycles. The summed E-state index contributed by atoms with van der Waals surface area (Å²) in [5, 5.41) is 0. The van der Waals surface area contributed by atoms with Crippen LogP contribution in [-0.2, 0) is 5.41 Å². The second kappa shape index (κ2) is 6.22. The summed E-state index contributed by atoms with van der Waals surface area (Å²) in [5.41, 5.74) is 1.66. The lowest BCUT2D eigenvalue weighted by atomic mass is 9.66. The van der Waals surface area contributed by atoms with Crippen LogP contribution in [0.3, 0.4) is 0 Å². The van der Waals surface area contributed by atoms with E-state index in [1.165, 1.54) is 44.2 Å². The Morgan fingerprint density at radius 1 is 1.32 bits per heavy atom. The molecule has 2 atom stereocenters. The predicted octanol–water partition coefficient (Wildman–Crippen LogP) is 3.22. The van der Waals surface area contributed by atoms with Crippen LogP contribution in [0, 0.1) is 12.3 Å². The van der Waals surface area contributed by atoms with E-state index in [2.05, 4.69) is 30.0 Å². The fourth-order valence-corrected chi connectivity index (χ4v) is 4.39. The van der Waals surface area contributed by atoms with Gasteiger partial charge >= 0.3 is 0 Å². The van der Waals surface area contributed by atoms with Crippen LogP contribution in [0.5, 0.6) is 11.5 Å². The Kier molecular flexibility index (Phi) is 4.31. The molecule has 0 radical (unpaired) electrons. The molecule has 0 N–H and O–H groups in total. The zero-order chi connectivity index (χ0) is 15.6. The van der Waals surface area contributed by atoms with E-state index in [9.17, 15) is 0 Å². The second-order valence-electron chi connectivity index (χ2n) is 6.51. The standard InChI is InChI=1S/C19H25NO2/c1-4-13-22-17-14-15(8-9-16(17)21-3)19-10-6-5-7-18(19)20(2)12-11-19/h1,8-9,14,18H,5-7,10-13H2,2-3H3/t18-,19-/m0/s1. The molecule has 0 unspecified atom stereocenters. The molecule has 118 valence electrons. The minimum absolute atomic E-state index is 0.271. The first-order valence-electron chi connectivity index (χ1n) is 8.16. The van der Waals surface area contributed by atoms with Crippen molar-refractivity contribution in [3.8, 4) is 23.8 Å². The number of methoxy groups -OCH3 is 1. The van der Waals surface area contributed by atoms with E-state index in [1.54, 1.807) is 7.11 Å². The van der Waals surface area contributed by atoms with Crippen molar-refractivity contribution in [2.75, 3.05) is 27.3 Å². The summed E-state index contributed by atoms with van der Waals surface area (Å²) in [4.78, 5) is 2.53. The van der Waals surface area contributed by atoms with Crippen molar-refractivity contribution in [2.24, 2.45) is 0 Å². The van der Waals surface area contributed by atoms with Gasteiger partial charge in [-0.05, 0) is 50.6 Å². The number of likely N-dealkylation sites (tertiary alicyclic amines) is 1. The highest BCUT2D eigenvalue weighted by Crippen LogP contribution is 2.49. The van der Waals surface area contributed by atoms with Crippen LogP contribution in [0.2, 0.25) is 0 Å². The highest BCUT2D eigenvalue weighted by molar-refractivity contribution is 5.46. The van der Waals surface area contributed by atoms with Crippen molar-refractivity contribution in [1.29, 1.82) is 0 Å². The Bertz CT molecular complexity index is 573. The van der Waals surface area contributed by atoms with Crippen molar-refractivity contribution < 1.29 is 9.47 Å². The van der Waals surface area contributed by atoms with Gasteiger partial charge in [0, 0.05) is 11.5 Å². The molecule has 1 aliphatic carbocycles. The Morgan fingerprint density at radius 3 is 2.95 bits per heavy atom. The van der Waals surface area contributed by atoms with Crippen LogP contribution in [0.1, 0.15) is 37.7 Å². The third kappa shape index (κ3) is 2.46. The molecule has 1 aromatic rings. The third-order valence-electron chi connectivity index (χ3n) is 5.48. The molecule has 3 nitrogen and oxygen atoms in total. The van der Waals surface area contributed by atoms with E-state index in [4.69, 9.17) is 15.9 Å². The highest BCUT2D eigenvalue weighted by Gasteiger charge is 2.48. The van der Waals surface area contributed by atoms with Crippen LogP contribution < -0.4 is 9.47 Å². The largest absolute Gasteiger partial charge is 0.493 e. The van der Waals surface area contributed by atoms with Crippen LogP contribution in [-0.4, -0.2) is 38.3 Å². The van der Waals surface area contributed by atoms with E-state index in [1.807, 2.05) is 6.07 Å². The van der Waals surface area contributed by atoms with Gasteiger partial charge in [0.25, 0.3) is 0 Å². The topological polar surface area (TPSA) is 21.7 Å². The summed E-state index contributed by atoms with van der Waals surface area (Å²) in [6.07, 6.45) is 11.8. The lowest BCUT2D eigenvalue weighted by molar-refractivity contribution is 0.181. The van der Waals surface area contributed by atoms with E-state index < -0.39 is 0 Å². The van der Waals surface area contributed by atoms with Crippen molar-refractivity contribution in [3.05, 3.63) is 23.8 Å². The smallest absolute Gasteiger partial charge is 0.162 e. The van der Waals surface area contributed by atoms with E-state index >= 15 is 0 Å². The molecule has 3 heteroatoms. The van der Waals surface area contributed by atoms with Crippen molar-refractivity contribution in [1.82, 2.24) is 4.90 Å². The first-order valence-corrected chi connectivity index (χ1v) is 8.16. The highest BCUT2D eigenvalue weighted by atomic mass is 16.5.